The molecule has 0 spiro atoms. The molecule has 0 saturated carbocycles. The van der Waals surface area contributed by atoms with Crippen molar-refractivity contribution in [2.45, 2.75) is 45.4 Å². The Morgan fingerprint density at radius 1 is 1.00 bits per heavy atom. The molecule has 0 saturated heterocycles. The van der Waals surface area contributed by atoms with Gasteiger partial charge in [0.1, 0.15) is 18.2 Å². The fraction of sp³-hybridized carbons (Fsp3) is 0.318. The third-order valence-corrected chi connectivity index (χ3v) is 3.82. The second-order valence-electron chi connectivity index (χ2n) is 7.63. The zero-order valence-electron chi connectivity index (χ0n) is 17.3. The summed E-state index contributed by atoms with van der Waals surface area (Å²) in [6, 6.07) is 14.6. The first-order valence-electron chi connectivity index (χ1n) is 9.48. The van der Waals surface area contributed by atoms with E-state index in [1.54, 1.807) is 57.2 Å². The van der Waals surface area contributed by atoms with Crippen molar-refractivity contribution in [3.05, 3.63) is 60.2 Å². The third-order valence-electron chi connectivity index (χ3n) is 3.82. The number of para-hydroxylation sites is 2. The van der Waals surface area contributed by atoms with E-state index in [0.717, 1.165) is 5.56 Å². The van der Waals surface area contributed by atoms with E-state index in [1.165, 1.54) is 0 Å². The number of hydrogen-bond acceptors (Lipinski definition) is 6. The van der Waals surface area contributed by atoms with Crippen molar-refractivity contribution < 1.29 is 23.9 Å². The van der Waals surface area contributed by atoms with E-state index in [2.05, 4.69) is 10.6 Å². The molecule has 2 rings (SSSR count). The normalized spacial score (nSPS) is 11.8. The predicted octanol–water partition coefficient (Wildman–Crippen LogP) is 3.23. The minimum absolute atomic E-state index is 0.0133. The van der Waals surface area contributed by atoms with Crippen LogP contribution in [0.3, 0.4) is 0 Å². The van der Waals surface area contributed by atoms with Crippen molar-refractivity contribution in [3.8, 4) is 0 Å². The van der Waals surface area contributed by atoms with Gasteiger partial charge in [-0.05, 0) is 38.5 Å². The average molecular weight is 413 g/mol. The van der Waals surface area contributed by atoms with Crippen LogP contribution in [0.25, 0.3) is 0 Å². The van der Waals surface area contributed by atoms with Crippen molar-refractivity contribution in [2.24, 2.45) is 0 Å². The largest absolute Gasteiger partial charge is 0.459 e. The molecule has 8 nitrogen and oxygen atoms in total. The Balaban J connectivity index is 2.05. The summed E-state index contributed by atoms with van der Waals surface area (Å²) in [5.41, 5.74) is 6.64. The molecule has 8 heteroatoms. The van der Waals surface area contributed by atoms with Gasteiger partial charge < -0.3 is 25.8 Å². The maximum Gasteiger partial charge on any atom is 0.408 e. The van der Waals surface area contributed by atoms with Crippen LogP contribution in [0.4, 0.5) is 16.2 Å². The number of carbonyl (C=O) groups is 3. The Labute approximate surface area is 175 Å². The van der Waals surface area contributed by atoms with Gasteiger partial charge in [-0.3, -0.25) is 4.79 Å². The molecule has 30 heavy (non-hydrogen) atoms. The Hall–Kier alpha value is -3.55. The molecular formula is C22H27N3O5. The smallest absolute Gasteiger partial charge is 0.408 e. The van der Waals surface area contributed by atoms with Gasteiger partial charge in [0.25, 0.3) is 0 Å². The molecule has 0 radical (unpaired) electrons. The molecule has 0 fully saturated rings. The molecule has 0 bridgehead atoms. The van der Waals surface area contributed by atoms with Crippen molar-refractivity contribution >= 4 is 29.3 Å². The van der Waals surface area contributed by atoms with Crippen molar-refractivity contribution in [1.29, 1.82) is 0 Å². The number of carbonyl (C=O) groups excluding carboxylic acids is 3. The number of amides is 2. The summed E-state index contributed by atoms with van der Waals surface area (Å²) in [4.78, 5) is 37.2. The van der Waals surface area contributed by atoms with E-state index < -0.39 is 29.6 Å². The molecule has 0 aliphatic rings. The summed E-state index contributed by atoms with van der Waals surface area (Å²) in [5, 5.41) is 5.04. The number of nitrogens with two attached hydrogens (primary N) is 1. The van der Waals surface area contributed by atoms with Crippen LogP contribution in [0, 0.1) is 0 Å². The van der Waals surface area contributed by atoms with Crippen LogP contribution in [-0.4, -0.2) is 29.6 Å². The van der Waals surface area contributed by atoms with Crippen LogP contribution in [0.5, 0.6) is 0 Å². The van der Waals surface area contributed by atoms with Gasteiger partial charge in [0.15, 0.2) is 0 Å². The standard InChI is InChI=1S/C22H27N3O5/c1-22(2,3)30-21(28)25-18(20(27)29-14-15-9-5-4-6-10-15)13-19(26)24-17-12-8-7-11-16(17)23/h4-12,18H,13-14,23H2,1-3H3,(H,24,26)(H,25,28)/t18-/m0/s1. The monoisotopic (exact) mass is 413 g/mol. The summed E-state index contributed by atoms with van der Waals surface area (Å²) in [5.74, 6) is -1.26. The van der Waals surface area contributed by atoms with E-state index in [0.29, 0.717) is 11.4 Å². The number of esters is 1. The highest BCUT2D eigenvalue weighted by Crippen LogP contribution is 2.17. The van der Waals surface area contributed by atoms with Crippen molar-refractivity contribution in [2.75, 3.05) is 11.1 Å². The minimum Gasteiger partial charge on any atom is -0.459 e. The number of alkyl carbamates (subject to hydrolysis) is 1. The fourth-order valence-corrected chi connectivity index (χ4v) is 2.47. The van der Waals surface area contributed by atoms with Gasteiger partial charge >= 0.3 is 12.1 Å². The molecule has 0 aliphatic heterocycles. The third kappa shape index (κ3) is 7.83. The summed E-state index contributed by atoms with van der Waals surface area (Å²) in [6.45, 7) is 5.10. The second kappa shape index (κ2) is 10.3. The molecule has 0 aromatic heterocycles. The van der Waals surface area contributed by atoms with Gasteiger partial charge in [-0.25, -0.2) is 9.59 Å². The Morgan fingerprint density at radius 3 is 2.27 bits per heavy atom. The van der Waals surface area contributed by atoms with Crippen LogP contribution in [0.2, 0.25) is 0 Å². The van der Waals surface area contributed by atoms with E-state index in [-0.39, 0.29) is 13.0 Å². The summed E-state index contributed by atoms with van der Waals surface area (Å²) >= 11 is 0. The van der Waals surface area contributed by atoms with Crippen molar-refractivity contribution in [1.82, 2.24) is 5.32 Å². The average Bonchev–Trinajstić information content (AvgIpc) is 2.66. The molecule has 1 atom stereocenters. The van der Waals surface area contributed by atoms with Crippen LogP contribution < -0.4 is 16.4 Å². The molecule has 160 valence electrons. The van der Waals surface area contributed by atoms with Crippen LogP contribution >= 0.6 is 0 Å². The highest BCUT2D eigenvalue weighted by Gasteiger charge is 2.28. The maximum atomic E-state index is 12.6. The van der Waals surface area contributed by atoms with Crippen molar-refractivity contribution in [3.63, 3.8) is 0 Å². The lowest BCUT2D eigenvalue weighted by atomic mass is 10.2. The highest BCUT2D eigenvalue weighted by atomic mass is 16.6. The van der Waals surface area contributed by atoms with Crippen LogP contribution in [-0.2, 0) is 25.7 Å². The Kier molecular flexibility index (Phi) is 7.80. The van der Waals surface area contributed by atoms with E-state index in [4.69, 9.17) is 15.2 Å². The zero-order valence-corrected chi connectivity index (χ0v) is 17.3. The number of nitrogens with one attached hydrogen (secondary N) is 2. The molecule has 0 unspecified atom stereocenters. The number of anilines is 2. The Bertz CT molecular complexity index is 878. The number of ether oxygens (including phenoxy) is 2. The summed E-state index contributed by atoms with van der Waals surface area (Å²) < 4.78 is 10.5. The first-order valence-corrected chi connectivity index (χ1v) is 9.48. The molecular weight excluding hydrogens is 386 g/mol. The van der Waals surface area contributed by atoms with E-state index in [1.807, 2.05) is 18.2 Å². The zero-order chi connectivity index (χ0) is 22.1. The van der Waals surface area contributed by atoms with E-state index in [9.17, 15) is 14.4 Å². The molecule has 2 aromatic rings. The highest BCUT2D eigenvalue weighted by molar-refractivity contribution is 5.97. The second-order valence-corrected chi connectivity index (χ2v) is 7.63. The quantitative estimate of drug-likeness (QED) is 0.473. The first-order chi connectivity index (χ1) is 14.1. The lowest BCUT2D eigenvalue weighted by molar-refractivity contribution is -0.148. The van der Waals surface area contributed by atoms with Gasteiger partial charge in [-0.15, -0.1) is 0 Å². The van der Waals surface area contributed by atoms with Gasteiger partial charge in [0.2, 0.25) is 5.91 Å². The maximum absolute atomic E-state index is 12.6. The fourth-order valence-electron chi connectivity index (χ4n) is 2.47. The molecule has 2 amide bonds. The number of rotatable bonds is 7. The van der Waals surface area contributed by atoms with Gasteiger partial charge in [-0.1, -0.05) is 42.5 Å². The van der Waals surface area contributed by atoms with Crippen LogP contribution in [0.15, 0.2) is 54.6 Å². The lowest BCUT2D eigenvalue weighted by Gasteiger charge is -2.23. The molecule has 2 aromatic carbocycles. The SMILES string of the molecule is CC(C)(C)OC(=O)N[C@@H](CC(=O)Nc1ccccc1N)C(=O)OCc1ccccc1. The number of benzene rings is 2. The molecule has 4 N–H and O–H groups in total. The Morgan fingerprint density at radius 2 is 1.63 bits per heavy atom. The van der Waals surface area contributed by atoms with Gasteiger partial charge in [-0.2, -0.15) is 0 Å². The summed E-state index contributed by atoms with van der Waals surface area (Å²) in [6.07, 6.45) is -1.17. The molecule has 0 heterocycles. The van der Waals surface area contributed by atoms with Gasteiger partial charge in [0, 0.05) is 0 Å². The van der Waals surface area contributed by atoms with Gasteiger partial charge in [0.05, 0.1) is 17.8 Å². The number of hydrogen-bond donors (Lipinski definition) is 3. The topological polar surface area (TPSA) is 120 Å². The van der Waals surface area contributed by atoms with E-state index >= 15 is 0 Å². The summed E-state index contributed by atoms with van der Waals surface area (Å²) in [7, 11) is 0. The first kappa shape index (κ1) is 22.7. The predicted molar refractivity (Wildman–Crippen MR) is 113 cm³/mol. The number of nitrogen functional groups attached to an aromatic ring is 1. The molecule has 0 aliphatic carbocycles. The lowest BCUT2D eigenvalue weighted by Crippen LogP contribution is -2.46. The van der Waals surface area contributed by atoms with Crippen LogP contribution in [0.1, 0.15) is 32.8 Å². The minimum atomic E-state index is -1.23.